The van der Waals surface area contributed by atoms with E-state index >= 15 is 0 Å². The number of nitrogens with zero attached hydrogens (tertiary/aromatic N) is 2. The number of rotatable bonds is 7. The van der Waals surface area contributed by atoms with E-state index in [1.807, 2.05) is 5.38 Å². The van der Waals surface area contributed by atoms with Crippen LogP contribution in [0.4, 0.5) is 4.39 Å². The Labute approximate surface area is 153 Å². The van der Waals surface area contributed by atoms with Gasteiger partial charge in [-0.1, -0.05) is 11.2 Å². The second-order valence-corrected chi connectivity index (χ2v) is 6.60. The molecule has 0 bridgehead atoms. The van der Waals surface area contributed by atoms with Crippen LogP contribution in [0.3, 0.4) is 0 Å². The predicted molar refractivity (Wildman–Crippen MR) is 94.1 cm³/mol. The quantitative estimate of drug-likeness (QED) is 0.637. The van der Waals surface area contributed by atoms with Gasteiger partial charge in [0, 0.05) is 18.4 Å². The van der Waals surface area contributed by atoms with Crippen LogP contribution in [0.5, 0.6) is 0 Å². The number of ketones is 1. The maximum absolute atomic E-state index is 13.0. The first-order chi connectivity index (χ1) is 12.5. The van der Waals surface area contributed by atoms with Gasteiger partial charge in [0.25, 0.3) is 0 Å². The van der Waals surface area contributed by atoms with E-state index in [9.17, 15) is 14.0 Å². The standard InChI is InChI=1S/C18H16FN3O3S/c1-11(20-16(24)9-8-14(23)15-3-2-10-26-15)18-21-17(22-25-18)12-4-6-13(19)7-5-12/h2-7,10-11H,8-9H2,1H3,(H,20,24). The summed E-state index contributed by atoms with van der Waals surface area (Å²) in [6.07, 6.45) is 0.226. The molecular formula is C18H16FN3O3S. The molecule has 1 N–H and O–H groups in total. The minimum Gasteiger partial charge on any atom is -0.345 e. The lowest BCUT2D eigenvalue weighted by Crippen LogP contribution is -2.27. The number of amides is 1. The third-order valence-corrected chi connectivity index (χ3v) is 4.58. The largest absolute Gasteiger partial charge is 0.345 e. The summed E-state index contributed by atoms with van der Waals surface area (Å²) >= 11 is 1.36. The lowest BCUT2D eigenvalue weighted by molar-refractivity contribution is -0.121. The van der Waals surface area contributed by atoms with Gasteiger partial charge in [-0.05, 0) is 42.6 Å². The molecule has 0 spiro atoms. The Balaban J connectivity index is 1.54. The zero-order chi connectivity index (χ0) is 18.5. The number of carbonyl (C=O) groups is 2. The number of hydrogen-bond donors (Lipinski definition) is 1. The van der Waals surface area contributed by atoms with Crippen LogP contribution in [0, 0.1) is 5.82 Å². The zero-order valence-corrected chi connectivity index (χ0v) is 14.8. The molecule has 2 aromatic heterocycles. The Bertz CT molecular complexity index is 891. The van der Waals surface area contributed by atoms with Crippen molar-refractivity contribution in [3.8, 4) is 11.4 Å². The molecule has 2 heterocycles. The van der Waals surface area contributed by atoms with E-state index in [4.69, 9.17) is 4.52 Å². The van der Waals surface area contributed by atoms with Crippen LogP contribution in [-0.4, -0.2) is 21.8 Å². The Morgan fingerprint density at radius 3 is 2.69 bits per heavy atom. The molecule has 26 heavy (non-hydrogen) atoms. The zero-order valence-electron chi connectivity index (χ0n) is 13.9. The lowest BCUT2D eigenvalue weighted by atomic mass is 10.2. The molecule has 0 saturated heterocycles. The molecule has 0 aliphatic heterocycles. The highest BCUT2D eigenvalue weighted by Crippen LogP contribution is 2.19. The average Bonchev–Trinajstić information content (AvgIpc) is 3.32. The van der Waals surface area contributed by atoms with E-state index in [1.54, 1.807) is 31.2 Å². The first-order valence-corrected chi connectivity index (χ1v) is 8.86. The number of benzene rings is 1. The smallest absolute Gasteiger partial charge is 0.249 e. The number of Topliss-reactive ketones (excluding diaryl/α,β-unsaturated/α-hetero) is 1. The Kier molecular flexibility index (Phi) is 5.52. The number of hydrogen-bond acceptors (Lipinski definition) is 6. The highest BCUT2D eigenvalue weighted by molar-refractivity contribution is 7.12. The van der Waals surface area contributed by atoms with Crippen molar-refractivity contribution in [2.75, 3.05) is 0 Å². The molecule has 8 heteroatoms. The van der Waals surface area contributed by atoms with Crippen LogP contribution in [0.1, 0.15) is 41.4 Å². The summed E-state index contributed by atoms with van der Waals surface area (Å²) in [4.78, 5) is 28.8. The van der Waals surface area contributed by atoms with Gasteiger partial charge in [0.15, 0.2) is 5.78 Å². The van der Waals surface area contributed by atoms with E-state index in [0.29, 0.717) is 16.3 Å². The number of nitrogens with one attached hydrogen (secondary N) is 1. The monoisotopic (exact) mass is 373 g/mol. The molecule has 0 aliphatic carbocycles. The molecule has 0 radical (unpaired) electrons. The first kappa shape index (κ1) is 17.9. The number of aromatic nitrogens is 2. The molecule has 0 aliphatic rings. The van der Waals surface area contributed by atoms with Crippen molar-refractivity contribution < 1.29 is 18.5 Å². The molecule has 134 valence electrons. The van der Waals surface area contributed by atoms with Crippen LogP contribution in [0.25, 0.3) is 11.4 Å². The van der Waals surface area contributed by atoms with Crippen molar-refractivity contribution in [3.05, 3.63) is 58.4 Å². The molecule has 1 unspecified atom stereocenters. The minimum absolute atomic E-state index is 0.0563. The Hall–Kier alpha value is -2.87. The Morgan fingerprint density at radius 1 is 1.23 bits per heavy atom. The number of carbonyl (C=O) groups excluding carboxylic acids is 2. The minimum atomic E-state index is -0.499. The van der Waals surface area contributed by atoms with Crippen molar-refractivity contribution in [1.29, 1.82) is 0 Å². The summed E-state index contributed by atoms with van der Waals surface area (Å²) in [5.41, 5.74) is 0.612. The van der Waals surface area contributed by atoms with Crippen LogP contribution in [0.15, 0.2) is 46.3 Å². The topological polar surface area (TPSA) is 85.1 Å². The summed E-state index contributed by atoms with van der Waals surface area (Å²) in [6, 6.07) is 8.74. The number of halogens is 1. The highest BCUT2D eigenvalue weighted by Gasteiger charge is 2.18. The molecule has 0 fully saturated rings. The second-order valence-electron chi connectivity index (χ2n) is 5.65. The molecule has 3 aromatic rings. The summed E-state index contributed by atoms with van der Waals surface area (Å²) < 4.78 is 18.1. The van der Waals surface area contributed by atoms with Crippen molar-refractivity contribution >= 4 is 23.0 Å². The fourth-order valence-corrected chi connectivity index (χ4v) is 2.98. The van der Waals surface area contributed by atoms with Gasteiger partial charge < -0.3 is 9.84 Å². The van der Waals surface area contributed by atoms with Crippen LogP contribution in [-0.2, 0) is 4.79 Å². The molecule has 1 amide bonds. The van der Waals surface area contributed by atoms with Gasteiger partial charge in [0.05, 0.1) is 4.88 Å². The maximum atomic E-state index is 13.0. The fraction of sp³-hybridized carbons (Fsp3) is 0.222. The molecular weight excluding hydrogens is 357 g/mol. The molecule has 6 nitrogen and oxygen atoms in total. The van der Waals surface area contributed by atoms with Gasteiger partial charge >= 0.3 is 0 Å². The van der Waals surface area contributed by atoms with Crippen molar-refractivity contribution in [3.63, 3.8) is 0 Å². The molecule has 1 aromatic carbocycles. The maximum Gasteiger partial charge on any atom is 0.249 e. The van der Waals surface area contributed by atoms with Gasteiger partial charge in [0.1, 0.15) is 11.9 Å². The predicted octanol–water partition coefficient (Wildman–Crippen LogP) is 3.78. The van der Waals surface area contributed by atoms with E-state index in [2.05, 4.69) is 15.5 Å². The highest BCUT2D eigenvalue weighted by atomic mass is 32.1. The summed E-state index contributed by atoms with van der Waals surface area (Å²) in [5, 5.41) is 8.39. The molecule has 3 rings (SSSR count). The summed E-state index contributed by atoms with van der Waals surface area (Å²) in [7, 11) is 0. The second kappa shape index (κ2) is 8.01. The first-order valence-electron chi connectivity index (χ1n) is 7.98. The summed E-state index contributed by atoms with van der Waals surface area (Å²) in [6.45, 7) is 1.71. The Morgan fingerprint density at radius 2 is 2.00 bits per heavy atom. The van der Waals surface area contributed by atoms with Gasteiger partial charge in [-0.15, -0.1) is 11.3 Å². The van der Waals surface area contributed by atoms with Crippen LogP contribution >= 0.6 is 11.3 Å². The average molecular weight is 373 g/mol. The SMILES string of the molecule is CC(NC(=O)CCC(=O)c1cccs1)c1nc(-c2ccc(F)cc2)no1. The van der Waals surface area contributed by atoms with Gasteiger partial charge in [0.2, 0.25) is 17.6 Å². The lowest BCUT2D eigenvalue weighted by Gasteiger charge is -2.09. The van der Waals surface area contributed by atoms with E-state index in [-0.39, 0.29) is 36.2 Å². The molecule has 0 saturated carbocycles. The third-order valence-electron chi connectivity index (χ3n) is 3.67. The fourth-order valence-electron chi connectivity index (χ4n) is 2.29. The van der Waals surface area contributed by atoms with Crippen molar-refractivity contribution in [2.24, 2.45) is 0 Å². The van der Waals surface area contributed by atoms with Gasteiger partial charge in [-0.25, -0.2) is 4.39 Å². The molecule has 1 atom stereocenters. The summed E-state index contributed by atoms with van der Waals surface area (Å²) in [5.74, 6) is -0.130. The van der Waals surface area contributed by atoms with Crippen LogP contribution in [0.2, 0.25) is 0 Å². The van der Waals surface area contributed by atoms with Crippen LogP contribution < -0.4 is 5.32 Å². The van der Waals surface area contributed by atoms with Gasteiger partial charge in [-0.3, -0.25) is 9.59 Å². The van der Waals surface area contributed by atoms with E-state index in [0.717, 1.165) is 0 Å². The van der Waals surface area contributed by atoms with Gasteiger partial charge in [-0.2, -0.15) is 4.98 Å². The number of thiophene rings is 1. The van der Waals surface area contributed by atoms with Crippen molar-refractivity contribution in [1.82, 2.24) is 15.5 Å². The van der Waals surface area contributed by atoms with Crippen molar-refractivity contribution in [2.45, 2.75) is 25.8 Å². The van der Waals surface area contributed by atoms with E-state index < -0.39 is 6.04 Å². The van der Waals surface area contributed by atoms with E-state index in [1.165, 1.54) is 23.5 Å². The third kappa shape index (κ3) is 4.40. The normalized spacial score (nSPS) is 11.9.